The summed E-state index contributed by atoms with van der Waals surface area (Å²) in [4.78, 5) is 39.2. The van der Waals surface area contributed by atoms with Gasteiger partial charge >= 0.3 is 5.97 Å². The van der Waals surface area contributed by atoms with Crippen molar-refractivity contribution in [1.29, 1.82) is 0 Å². The zero-order valence-electron chi connectivity index (χ0n) is 16.7. The van der Waals surface area contributed by atoms with Gasteiger partial charge in [-0.25, -0.2) is 4.79 Å². The third-order valence-electron chi connectivity index (χ3n) is 4.84. The van der Waals surface area contributed by atoms with Crippen LogP contribution in [0.5, 0.6) is 0 Å². The van der Waals surface area contributed by atoms with Crippen molar-refractivity contribution >= 4 is 22.8 Å². The zero-order valence-corrected chi connectivity index (χ0v) is 16.7. The minimum absolute atomic E-state index is 0.115. The normalized spacial score (nSPS) is 10.7. The second-order valence-corrected chi connectivity index (χ2v) is 6.58. The average molecular weight is 393 g/mol. The van der Waals surface area contributed by atoms with Crippen molar-refractivity contribution < 1.29 is 18.7 Å². The van der Waals surface area contributed by atoms with Crippen LogP contribution in [-0.2, 0) is 9.53 Å². The smallest absolute Gasteiger partial charge is 0.342 e. The number of carbonyl (C=O) groups is 2. The Labute approximate surface area is 168 Å². The molecule has 0 spiro atoms. The van der Waals surface area contributed by atoms with Gasteiger partial charge in [0, 0.05) is 24.2 Å². The van der Waals surface area contributed by atoms with Crippen molar-refractivity contribution in [1.82, 2.24) is 4.90 Å². The van der Waals surface area contributed by atoms with Crippen molar-refractivity contribution in [3.8, 4) is 11.3 Å². The molecule has 0 atom stereocenters. The number of fused-ring (bicyclic) bond motifs is 1. The molecule has 6 heteroatoms. The molecule has 0 aliphatic rings. The molecule has 0 unspecified atom stereocenters. The zero-order chi connectivity index (χ0) is 21.0. The number of rotatable bonds is 6. The molecule has 29 heavy (non-hydrogen) atoms. The highest BCUT2D eigenvalue weighted by Gasteiger charge is 2.20. The van der Waals surface area contributed by atoms with E-state index in [0.29, 0.717) is 29.8 Å². The van der Waals surface area contributed by atoms with E-state index in [-0.39, 0.29) is 29.1 Å². The van der Waals surface area contributed by atoms with Crippen molar-refractivity contribution in [3.63, 3.8) is 0 Å². The lowest BCUT2D eigenvalue weighted by molar-refractivity contribution is -0.134. The summed E-state index contributed by atoms with van der Waals surface area (Å²) in [6.07, 6.45) is 0. The van der Waals surface area contributed by atoms with Gasteiger partial charge in [0.25, 0.3) is 5.91 Å². The van der Waals surface area contributed by atoms with E-state index in [2.05, 4.69) is 0 Å². The number of para-hydroxylation sites is 1. The molecular weight excluding hydrogens is 370 g/mol. The second-order valence-electron chi connectivity index (χ2n) is 6.58. The number of esters is 1. The van der Waals surface area contributed by atoms with E-state index in [0.717, 1.165) is 5.56 Å². The summed E-state index contributed by atoms with van der Waals surface area (Å²) >= 11 is 0. The molecule has 1 heterocycles. The predicted octanol–water partition coefficient (Wildman–Crippen LogP) is 3.79. The fraction of sp³-hybridized carbons (Fsp3) is 0.261. The van der Waals surface area contributed by atoms with Crippen LogP contribution in [0.1, 0.15) is 29.8 Å². The summed E-state index contributed by atoms with van der Waals surface area (Å²) in [5, 5.41) is 0.298. The van der Waals surface area contributed by atoms with Gasteiger partial charge in [0.15, 0.2) is 17.6 Å². The van der Waals surface area contributed by atoms with Crippen LogP contribution in [0.4, 0.5) is 0 Å². The van der Waals surface area contributed by atoms with E-state index in [1.54, 1.807) is 24.0 Å². The molecule has 3 aromatic rings. The highest BCUT2D eigenvalue weighted by Crippen LogP contribution is 2.27. The minimum Gasteiger partial charge on any atom is -0.455 e. The number of carbonyl (C=O) groups excluding carboxylic acids is 2. The second kappa shape index (κ2) is 8.73. The lowest BCUT2D eigenvalue weighted by Crippen LogP contribution is -2.34. The van der Waals surface area contributed by atoms with Gasteiger partial charge in [-0.2, -0.15) is 0 Å². The molecule has 0 N–H and O–H groups in total. The Balaban J connectivity index is 2.01. The van der Waals surface area contributed by atoms with Gasteiger partial charge in [-0.1, -0.05) is 36.4 Å². The molecule has 6 nitrogen and oxygen atoms in total. The maximum atomic E-state index is 12.9. The van der Waals surface area contributed by atoms with Crippen molar-refractivity contribution in [2.75, 3.05) is 19.7 Å². The summed E-state index contributed by atoms with van der Waals surface area (Å²) in [5.74, 6) is -0.574. The van der Waals surface area contributed by atoms with E-state index >= 15 is 0 Å². The van der Waals surface area contributed by atoms with Crippen LogP contribution in [0.25, 0.3) is 22.3 Å². The third-order valence-corrected chi connectivity index (χ3v) is 4.84. The molecule has 2 aromatic carbocycles. The van der Waals surface area contributed by atoms with E-state index < -0.39 is 5.97 Å². The van der Waals surface area contributed by atoms with Gasteiger partial charge in [0.1, 0.15) is 11.3 Å². The molecule has 3 rings (SSSR count). The van der Waals surface area contributed by atoms with Gasteiger partial charge in [0.05, 0.1) is 5.39 Å². The predicted molar refractivity (Wildman–Crippen MR) is 111 cm³/mol. The maximum absolute atomic E-state index is 12.9. The van der Waals surface area contributed by atoms with Crippen LogP contribution in [0.3, 0.4) is 0 Å². The Morgan fingerprint density at radius 1 is 1.00 bits per heavy atom. The van der Waals surface area contributed by atoms with Crippen molar-refractivity contribution in [2.45, 2.75) is 20.8 Å². The number of ether oxygens (including phenoxy) is 1. The summed E-state index contributed by atoms with van der Waals surface area (Å²) in [5.41, 5.74) is 1.26. The van der Waals surface area contributed by atoms with Crippen LogP contribution in [0.2, 0.25) is 0 Å². The van der Waals surface area contributed by atoms with Crippen molar-refractivity contribution in [2.24, 2.45) is 0 Å². The molecule has 0 bridgehead atoms. The highest BCUT2D eigenvalue weighted by molar-refractivity contribution is 6.02. The first-order valence-corrected chi connectivity index (χ1v) is 9.54. The molecular formula is C23H23NO5. The van der Waals surface area contributed by atoms with E-state index in [1.807, 2.05) is 44.2 Å². The molecule has 0 aliphatic heterocycles. The summed E-state index contributed by atoms with van der Waals surface area (Å²) < 4.78 is 11.2. The highest BCUT2D eigenvalue weighted by atomic mass is 16.5. The fourth-order valence-corrected chi connectivity index (χ4v) is 3.21. The first-order chi connectivity index (χ1) is 14.0. The average Bonchev–Trinajstić information content (AvgIpc) is 2.75. The standard InChI is InChI=1S/C23H23NO5/c1-4-24(5-2)19(25)14-28-23(27)18-13-9-12-17-20(26)15(3)21(29-22(17)18)16-10-7-6-8-11-16/h6-13H,4-5,14H2,1-3H3. The lowest BCUT2D eigenvalue weighted by atomic mass is 10.0. The Morgan fingerprint density at radius 2 is 1.69 bits per heavy atom. The fourth-order valence-electron chi connectivity index (χ4n) is 3.21. The number of hydrogen-bond donors (Lipinski definition) is 0. The van der Waals surface area contributed by atoms with Crippen LogP contribution < -0.4 is 5.43 Å². The Bertz CT molecular complexity index is 1100. The molecule has 1 aromatic heterocycles. The van der Waals surface area contributed by atoms with E-state index in [4.69, 9.17) is 9.15 Å². The number of hydrogen-bond acceptors (Lipinski definition) is 5. The largest absolute Gasteiger partial charge is 0.455 e. The summed E-state index contributed by atoms with van der Waals surface area (Å²) in [6, 6.07) is 14.0. The minimum atomic E-state index is -0.706. The van der Waals surface area contributed by atoms with Gasteiger partial charge in [-0.3, -0.25) is 9.59 Å². The lowest BCUT2D eigenvalue weighted by Gasteiger charge is -2.18. The molecule has 150 valence electrons. The Morgan fingerprint density at radius 3 is 2.34 bits per heavy atom. The molecule has 0 radical (unpaired) electrons. The number of benzene rings is 2. The van der Waals surface area contributed by atoms with E-state index in [1.165, 1.54) is 6.07 Å². The van der Waals surface area contributed by atoms with E-state index in [9.17, 15) is 14.4 Å². The number of likely N-dealkylation sites (N-methyl/N-ethyl adjacent to an activating group) is 1. The SMILES string of the molecule is CCN(CC)C(=O)COC(=O)c1cccc2c(=O)c(C)c(-c3ccccc3)oc12. The molecule has 1 amide bonds. The molecule has 0 saturated heterocycles. The Hall–Kier alpha value is -3.41. The first kappa shape index (κ1) is 20.3. The van der Waals surface area contributed by atoms with Crippen LogP contribution >= 0.6 is 0 Å². The molecule has 0 saturated carbocycles. The summed E-state index contributed by atoms with van der Waals surface area (Å²) in [7, 11) is 0. The topological polar surface area (TPSA) is 76.8 Å². The van der Waals surface area contributed by atoms with Gasteiger partial charge in [-0.15, -0.1) is 0 Å². The maximum Gasteiger partial charge on any atom is 0.342 e. The van der Waals surface area contributed by atoms with Crippen molar-refractivity contribution in [3.05, 3.63) is 69.9 Å². The molecule has 0 aliphatic carbocycles. The van der Waals surface area contributed by atoms with Crippen LogP contribution in [0.15, 0.2) is 57.7 Å². The number of nitrogens with zero attached hydrogens (tertiary/aromatic N) is 1. The molecule has 0 fully saturated rings. The van der Waals surface area contributed by atoms with Gasteiger partial charge < -0.3 is 14.1 Å². The number of amides is 1. The quantitative estimate of drug-likeness (QED) is 0.596. The van der Waals surface area contributed by atoms with Gasteiger partial charge in [-0.05, 0) is 32.9 Å². The summed E-state index contributed by atoms with van der Waals surface area (Å²) in [6.45, 7) is 6.12. The monoisotopic (exact) mass is 393 g/mol. The van der Waals surface area contributed by atoms with Crippen LogP contribution in [0, 0.1) is 6.92 Å². The Kier molecular flexibility index (Phi) is 6.12. The first-order valence-electron chi connectivity index (χ1n) is 9.54. The third kappa shape index (κ3) is 4.06. The van der Waals surface area contributed by atoms with Crippen LogP contribution in [-0.4, -0.2) is 36.5 Å². The van der Waals surface area contributed by atoms with Gasteiger partial charge in [0.2, 0.25) is 0 Å².